The first-order chi connectivity index (χ1) is 8.11. The Balaban J connectivity index is 3.52. The van der Waals surface area contributed by atoms with Gasteiger partial charge in [-0.15, -0.1) is 0 Å². The second-order valence-corrected chi connectivity index (χ2v) is 4.55. The van der Waals surface area contributed by atoms with Crippen molar-refractivity contribution in [3.8, 4) is 0 Å². The molecule has 0 amide bonds. The molecule has 0 saturated carbocycles. The molecule has 1 rings (SSSR count). The van der Waals surface area contributed by atoms with Gasteiger partial charge in [-0.1, -0.05) is 31.9 Å². The Labute approximate surface area is 116 Å². The summed E-state index contributed by atoms with van der Waals surface area (Å²) < 4.78 is 76.0. The maximum atomic E-state index is 12.7. The molecule has 0 aliphatic rings. The Hall–Kier alpha value is -0.240. The molecule has 1 aromatic rings. The van der Waals surface area contributed by atoms with Gasteiger partial charge >= 0.3 is 12.4 Å². The van der Waals surface area contributed by atoms with Crippen LogP contribution in [0.25, 0.3) is 0 Å². The zero-order valence-electron chi connectivity index (χ0n) is 8.59. The Kier molecular flexibility index (Phi) is 4.75. The van der Waals surface area contributed by atoms with Crippen molar-refractivity contribution in [1.82, 2.24) is 0 Å². The van der Waals surface area contributed by atoms with Crippen LogP contribution in [-0.2, 0) is 23.0 Å². The molecular weight excluding hydrogens is 394 g/mol. The van der Waals surface area contributed by atoms with Gasteiger partial charge < -0.3 is 0 Å². The van der Waals surface area contributed by atoms with E-state index in [4.69, 9.17) is 0 Å². The first kappa shape index (κ1) is 15.8. The second kappa shape index (κ2) is 5.40. The molecule has 8 heteroatoms. The summed E-state index contributed by atoms with van der Waals surface area (Å²) in [6.45, 7) is 0. The molecule has 0 radical (unpaired) electrons. The highest BCUT2D eigenvalue weighted by Crippen LogP contribution is 2.40. The molecular formula is C10H6Br2F6. The summed E-state index contributed by atoms with van der Waals surface area (Å²) in [5, 5.41) is -0.596. The zero-order valence-corrected chi connectivity index (χ0v) is 11.8. The predicted octanol–water partition coefficient (Wildman–Crippen LogP) is 5.51. The lowest BCUT2D eigenvalue weighted by atomic mass is 9.99. The number of halogens is 8. The molecule has 0 nitrogen and oxygen atoms in total. The van der Waals surface area contributed by atoms with Gasteiger partial charge in [0.15, 0.2) is 0 Å². The molecule has 0 aliphatic heterocycles. The zero-order chi connectivity index (χ0) is 14.1. The number of alkyl halides is 8. The molecule has 0 heterocycles. The van der Waals surface area contributed by atoms with Gasteiger partial charge in [-0.2, -0.15) is 26.3 Å². The quantitative estimate of drug-likeness (QED) is 0.454. The number of benzene rings is 1. The van der Waals surface area contributed by atoms with Crippen LogP contribution in [0, 0.1) is 0 Å². The van der Waals surface area contributed by atoms with Crippen molar-refractivity contribution in [3.05, 3.63) is 34.4 Å². The maximum Gasteiger partial charge on any atom is 0.416 e. The van der Waals surface area contributed by atoms with Crippen LogP contribution in [0.3, 0.4) is 0 Å². The van der Waals surface area contributed by atoms with Crippen molar-refractivity contribution in [2.75, 3.05) is 0 Å². The van der Waals surface area contributed by atoms with Crippen LogP contribution in [0.1, 0.15) is 22.3 Å². The highest BCUT2D eigenvalue weighted by molar-refractivity contribution is 9.08. The fraction of sp³-hybridized carbons (Fsp3) is 0.400. The Morgan fingerprint density at radius 1 is 0.722 bits per heavy atom. The van der Waals surface area contributed by atoms with Gasteiger partial charge in [-0.3, -0.25) is 0 Å². The van der Waals surface area contributed by atoms with Crippen LogP contribution in [0.5, 0.6) is 0 Å². The van der Waals surface area contributed by atoms with Crippen LogP contribution >= 0.6 is 31.9 Å². The van der Waals surface area contributed by atoms with Crippen LogP contribution in [0.2, 0.25) is 0 Å². The number of hydrogen-bond acceptors (Lipinski definition) is 0. The van der Waals surface area contributed by atoms with Gasteiger partial charge in [-0.25, -0.2) is 0 Å². The second-order valence-electron chi connectivity index (χ2n) is 3.43. The lowest BCUT2D eigenvalue weighted by molar-refractivity contribution is -0.142. The van der Waals surface area contributed by atoms with Gasteiger partial charge in [0.25, 0.3) is 0 Å². The lowest BCUT2D eigenvalue weighted by Crippen LogP contribution is -2.15. The maximum absolute atomic E-state index is 12.7. The summed E-state index contributed by atoms with van der Waals surface area (Å²) in [6.07, 6.45) is -9.35. The molecule has 102 valence electrons. The van der Waals surface area contributed by atoms with Crippen LogP contribution < -0.4 is 0 Å². The van der Waals surface area contributed by atoms with E-state index in [1.165, 1.54) is 0 Å². The molecule has 0 atom stereocenters. The van der Waals surface area contributed by atoms with Crippen LogP contribution in [0.4, 0.5) is 26.3 Å². The van der Waals surface area contributed by atoms with Crippen LogP contribution in [-0.4, -0.2) is 0 Å². The lowest BCUT2D eigenvalue weighted by Gasteiger charge is -2.17. The molecule has 0 saturated heterocycles. The monoisotopic (exact) mass is 398 g/mol. The van der Waals surface area contributed by atoms with Gasteiger partial charge in [0.1, 0.15) is 0 Å². The molecule has 0 aliphatic carbocycles. The van der Waals surface area contributed by atoms with E-state index in [1.54, 1.807) is 0 Å². The number of rotatable bonds is 2. The van der Waals surface area contributed by atoms with E-state index in [0.717, 1.165) is 0 Å². The van der Waals surface area contributed by atoms with Crippen molar-refractivity contribution in [3.63, 3.8) is 0 Å². The highest BCUT2D eigenvalue weighted by atomic mass is 79.9. The predicted molar refractivity (Wildman–Crippen MR) is 61.7 cm³/mol. The third-order valence-corrected chi connectivity index (χ3v) is 3.44. The minimum Gasteiger partial charge on any atom is -0.166 e. The first-order valence-corrected chi connectivity index (χ1v) is 6.77. The van der Waals surface area contributed by atoms with Crippen molar-refractivity contribution >= 4 is 31.9 Å². The van der Waals surface area contributed by atoms with Crippen molar-refractivity contribution in [1.29, 1.82) is 0 Å². The molecule has 1 aromatic carbocycles. The Morgan fingerprint density at radius 3 is 1.17 bits per heavy atom. The molecule has 0 aromatic heterocycles. The minimum atomic E-state index is -4.68. The standard InChI is InChI=1S/C10H6Br2F6/c11-3-5-1-7(9(13,14)15)6(4-12)2-8(5)10(16,17)18/h1-2H,3-4H2. The third kappa shape index (κ3) is 3.40. The SMILES string of the molecule is FC(F)(F)c1cc(CBr)c(C(F)(F)F)cc1CBr. The van der Waals surface area contributed by atoms with E-state index in [2.05, 4.69) is 31.9 Å². The van der Waals surface area contributed by atoms with Gasteiger partial charge in [0, 0.05) is 10.7 Å². The summed E-state index contributed by atoms with van der Waals surface area (Å²) in [5.41, 5.74) is -2.97. The van der Waals surface area contributed by atoms with E-state index >= 15 is 0 Å². The van der Waals surface area contributed by atoms with Gasteiger partial charge in [-0.05, 0) is 23.3 Å². The first-order valence-electron chi connectivity index (χ1n) is 4.53. The summed E-state index contributed by atoms with van der Waals surface area (Å²) in [6, 6.07) is 1.07. The molecule has 0 N–H and O–H groups in total. The summed E-state index contributed by atoms with van der Waals surface area (Å²) in [7, 11) is 0. The summed E-state index contributed by atoms with van der Waals surface area (Å²) in [4.78, 5) is 0. The van der Waals surface area contributed by atoms with E-state index in [9.17, 15) is 26.3 Å². The third-order valence-electron chi connectivity index (χ3n) is 2.23. The topological polar surface area (TPSA) is 0 Å². The fourth-order valence-electron chi connectivity index (χ4n) is 1.44. The molecule has 0 unspecified atom stereocenters. The summed E-state index contributed by atoms with van der Waals surface area (Å²) >= 11 is 5.54. The van der Waals surface area contributed by atoms with E-state index in [-0.39, 0.29) is 10.7 Å². The molecule has 0 spiro atoms. The minimum absolute atomic E-state index is 0.298. The average molecular weight is 400 g/mol. The van der Waals surface area contributed by atoms with E-state index in [1.807, 2.05) is 0 Å². The van der Waals surface area contributed by atoms with E-state index < -0.39 is 34.6 Å². The molecule has 18 heavy (non-hydrogen) atoms. The van der Waals surface area contributed by atoms with Crippen molar-refractivity contribution in [2.24, 2.45) is 0 Å². The van der Waals surface area contributed by atoms with Gasteiger partial charge in [0.2, 0.25) is 0 Å². The van der Waals surface area contributed by atoms with E-state index in [0.29, 0.717) is 12.1 Å². The summed E-state index contributed by atoms with van der Waals surface area (Å²) in [5.74, 6) is 0. The van der Waals surface area contributed by atoms with Gasteiger partial charge in [0.05, 0.1) is 11.1 Å². The van der Waals surface area contributed by atoms with Crippen molar-refractivity contribution < 1.29 is 26.3 Å². The largest absolute Gasteiger partial charge is 0.416 e. The highest BCUT2D eigenvalue weighted by Gasteiger charge is 2.38. The number of hydrogen-bond donors (Lipinski definition) is 0. The Bertz CT molecular complexity index is 393. The molecule has 0 fully saturated rings. The normalized spacial score (nSPS) is 12.9. The van der Waals surface area contributed by atoms with Crippen molar-refractivity contribution in [2.45, 2.75) is 23.0 Å². The van der Waals surface area contributed by atoms with Crippen LogP contribution in [0.15, 0.2) is 12.1 Å². The average Bonchev–Trinajstić information content (AvgIpc) is 2.24. The smallest absolute Gasteiger partial charge is 0.166 e. The molecule has 0 bridgehead atoms. The fourth-order valence-corrected chi connectivity index (χ4v) is 2.37. The Morgan fingerprint density at radius 2 is 1.00 bits per heavy atom.